The molecule has 0 amide bonds. The van der Waals surface area contributed by atoms with E-state index in [1.807, 2.05) is 61.9 Å². The number of aromatic nitrogens is 4. The van der Waals surface area contributed by atoms with Crippen LogP contribution in [0.15, 0.2) is 61.1 Å². The van der Waals surface area contributed by atoms with Crippen molar-refractivity contribution in [2.75, 3.05) is 12.4 Å². The number of ether oxygens (including phenoxy) is 1. The normalized spacial score (nSPS) is 10.8. The first kappa shape index (κ1) is 15.1. The van der Waals surface area contributed by atoms with Gasteiger partial charge in [-0.25, -0.2) is 9.97 Å². The van der Waals surface area contributed by atoms with Crippen LogP contribution >= 0.6 is 0 Å². The summed E-state index contributed by atoms with van der Waals surface area (Å²) < 4.78 is 7.33. The van der Waals surface area contributed by atoms with E-state index < -0.39 is 0 Å². The van der Waals surface area contributed by atoms with Crippen molar-refractivity contribution in [3.63, 3.8) is 0 Å². The van der Waals surface area contributed by atoms with Gasteiger partial charge in [0, 0.05) is 36.1 Å². The summed E-state index contributed by atoms with van der Waals surface area (Å²) in [4.78, 5) is 9.03. The van der Waals surface area contributed by atoms with Crippen LogP contribution in [0.3, 0.4) is 0 Å². The predicted molar refractivity (Wildman–Crippen MR) is 98.0 cm³/mol. The molecule has 0 saturated carbocycles. The van der Waals surface area contributed by atoms with Crippen LogP contribution in [-0.2, 0) is 7.05 Å². The fraction of sp³-hybridized carbons (Fsp3) is 0.105. The number of anilines is 2. The van der Waals surface area contributed by atoms with Gasteiger partial charge in [0.05, 0.1) is 13.3 Å². The highest BCUT2D eigenvalue weighted by Crippen LogP contribution is 2.31. The molecule has 0 fully saturated rings. The quantitative estimate of drug-likeness (QED) is 0.616. The Morgan fingerprint density at radius 3 is 2.60 bits per heavy atom. The third-order valence-electron chi connectivity index (χ3n) is 3.94. The number of methoxy groups -OCH3 is 1. The monoisotopic (exact) mass is 331 g/mol. The Hall–Kier alpha value is -3.41. The van der Waals surface area contributed by atoms with Gasteiger partial charge in [-0.15, -0.1) is 0 Å². The number of hydrogen-bond donors (Lipinski definition) is 1. The van der Waals surface area contributed by atoms with E-state index >= 15 is 0 Å². The van der Waals surface area contributed by atoms with Crippen molar-refractivity contribution in [2.24, 2.45) is 7.05 Å². The van der Waals surface area contributed by atoms with Crippen molar-refractivity contribution in [1.82, 2.24) is 19.7 Å². The molecule has 0 spiro atoms. The Kier molecular flexibility index (Phi) is 3.78. The molecule has 0 atom stereocenters. The molecule has 0 radical (unpaired) electrons. The highest BCUT2D eigenvalue weighted by molar-refractivity contribution is 5.90. The molecule has 4 rings (SSSR count). The van der Waals surface area contributed by atoms with Crippen molar-refractivity contribution in [1.29, 1.82) is 0 Å². The van der Waals surface area contributed by atoms with Gasteiger partial charge in [0.15, 0.2) is 0 Å². The zero-order valence-corrected chi connectivity index (χ0v) is 14.0. The summed E-state index contributed by atoms with van der Waals surface area (Å²) in [6.45, 7) is 0. The number of fused-ring (bicyclic) bond motifs is 1. The van der Waals surface area contributed by atoms with Gasteiger partial charge in [-0.05, 0) is 29.8 Å². The Bertz CT molecular complexity index is 1030. The Labute approximate surface area is 145 Å². The summed E-state index contributed by atoms with van der Waals surface area (Å²) in [7, 11) is 3.54. The molecule has 0 unspecified atom stereocenters. The Balaban J connectivity index is 1.77. The third kappa shape index (κ3) is 3.01. The molecular formula is C19H17N5O. The summed E-state index contributed by atoms with van der Waals surface area (Å²) in [5, 5.41) is 8.34. The molecule has 2 aromatic carbocycles. The summed E-state index contributed by atoms with van der Waals surface area (Å²) in [5.41, 5.74) is 3.75. The first-order valence-electron chi connectivity index (χ1n) is 7.89. The van der Waals surface area contributed by atoms with Crippen LogP contribution in [0.25, 0.3) is 22.0 Å². The lowest BCUT2D eigenvalue weighted by Gasteiger charge is -2.10. The van der Waals surface area contributed by atoms with Crippen molar-refractivity contribution in [2.45, 2.75) is 0 Å². The zero-order chi connectivity index (χ0) is 17.2. The van der Waals surface area contributed by atoms with Gasteiger partial charge in [-0.1, -0.05) is 18.2 Å². The maximum Gasteiger partial charge on any atom is 0.227 e. The van der Waals surface area contributed by atoms with Crippen LogP contribution in [-0.4, -0.2) is 26.9 Å². The van der Waals surface area contributed by atoms with E-state index in [2.05, 4.69) is 20.4 Å². The second kappa shape index (κ2) is 6.24. The van der Waals surface area contributed by atoms with Gasteiger partial charge in [-0.3, -0.25) is 4.68 Å². The molecule has 0 aliphatic heterocycles. The van der Waals surface area contributed by atoms with Crippen molar-refractivity contribution in [3.8, 4) is 16.9 Å². The molecule has 2 heterocycles. The maximum absolute atomic E-state index is 5.56. The number of aryl methyl sites for hydroxylation is 1. The second-order valence-electron chi connectivity index (χ2n) is 5.70. The van der Waals surface area contributed by atoms with Crippen LogP contribution in [0, 0.1) is 0 Å². The highest BCUT2D eigenvalue weighted by atomic mass is 16.5. The van der Waals surface area contributed by atoms with E-state index in [0.717, 1.165) is 27.7 Å². The molecule has 4 aromatic rings. The fourth-order valence-corrected chi connectivity index (χ4v) is 2.72. The lowest BCUT2D eigenvalue weighted by atomic mass is 10.1. The number of hydrogen-bond acceptors (Lipinski definition) is 5. The van der Waals surface area contributed by atoms with Crippen LogP contribution in [0.5, 0.6) is 5.75 Å². The zero-order valence-electron chi connectivity index (χ0n) is 14.0. The van der Waals surface area contributed by atoms with Gasteiger partial charge < -0.3 is 10.1 Å². The Morgan fingerprint density at radius 2 is 1.88 bits per heavy atom. The van der Waals surface area contributed by atoms with Crippen LogP contribution in [0.4, 0.5) is 11.6 Å². The number of rotatable bonds is 4. The van der Waals surface area contributed by atoms with Gasteiger partial charge in [0.25, 0.3) is 0 Å². The van der Waals surface area contributed by atoms with Crippen molar-refractivity contribution >= 4 is 22.5 Å². The minimum atomic E-state index is 0.533. The van der Waals surface area contributed by atoms with Crippen molar-refractivity contribution < 1.29 is 4.74 Å². The molecule has 0 aliphatic carbocycles. The molecule has 1 N–H and O–H groups in total. The van der Waals surface area contributed by atoms with Crippen LogP contribution in [0.2, 0.25) is 0 Å². The molecular weight excluding hydrogens is 314 g/mol. The first-order chi connectivity index (χ1) is 12.2. The van der Waals surface area contributed by atoms with Gasteiger partial charge in [0.1, 0.15) is 11.3 Å². The SMILES string of the molecule is COc1cc(-c2cnn(C)c2)cc2cnc(Nc3ccccc3)nc12. The van der Waals surface area contributed by atoms with E-state index in [0.29, 0.717) is 11.7 Å². The summed E-state index contributed by atoms with van der Waals surface area (Å²) in [6, 6.07) is 13.8. The standard InChI is InChI=1S/C19H17N5O/c1-24-12-15(11-21-24)13-8-14-10-20-19(22-16-6-4-3-5-7-16)23-18(14)17(9-13)25-2/h3-12H,1-2H3,(H,20,22,23). The fourth-order valence-electron chi connectivity index (χ4n) is 2.72. The predicted octanol–water partition coefficient (Wildman–Crippen LogP) is 3.78. The number of nitrogens with zero attached hydrogens (tertiary/aromatic N) is 4. The van der Waals surface area contributed by atoms with E-state index in [1.54, 1.807) is 18.0 Å². The van der Waals surface area contributed by atoms with Crippen LogP contribution < -0.4 is 10.1 Å². The number of benzene rings is 2. The Morgan fingerprint density at radius 1 is 1.04 bits per heavy atom. The molecule has 6 heteroatoms. The maximum atomic E-state index is 5.56. The van der Waals surface area contributed by atoms with Crippen molar-refractivity contribution in [3.05, 3.63) is 61.1 Å². The molecule has 25 heavy (non-hydrogen) atoms. The summed E-state index contributed by atoms with van der Waals surface area (Å²) in [5.74, 6) is 1.24. The molecule has 0 bridgehead atoms. The van der Waals surface area contributed by atoms with Crippen LogP contribution in [0.1, 0.15) is 0 Å². The highest BCUT2D eigenvalue weighted by Gasteiger charge is 2.11. The minimum absolute atomic E-state index is 0.533. The van der Waals surface area contributed by atoms with Gasteiger partial charge in [-0.2, -0.15) is 5.10 Å². The number of nitrogens with one attached hydrogen (secondary N) is 1. The van der Waals surface area contributed by atoms with E-state index in [-0.39, 0.29) is 0 Å². The molecule has 0 aliphatic rings. The number of para-hydroxylation sites is 1. The topological polar surface area (TPSA) is 64.9 Å². The summed E-state index contributed by atoms with van der Waals surface area (Å²) in [6.07, 6.45) is 5.59. The largest absolute Gasteiger partial charge is 0.494 e. The summed E-state index contributed by atoms with van der Waals surface area (Å²) >= 11 is 0. The lowest BCUT2D eigenvalue weighted by molar-refractivity contribution is 0.419. The first-order valence-corrected chi connectivity index (χ1v) is 7.89. The lowest BCUT2D eigenvalue weighted by Crippen LogP contribution is -1.98. The third-order valence-corrected chi connectivity index (χ3v) is 3.94. The second-order valence-corrected chi connectivity index (χ2v) is 5.70. The minimum Gasteiger partial charge on any atom is -0.494 e. The smallest absolute Gasteiger partial charge is 0.227 e. The van der Waals surface area contributed by atoms with E-state index in [1.165, 1.54) is 0 Å². The molecule has 124 valence electrons. The van der Waals surface area contributed by atoms with Gasteiger partial charge >= 0.3 is 0 Å². The molecule has 2 aromatic heterocycles. The molecule has 6 nitrogen and oxygen atoms in total. The van der Waals surface area contributed by atoms with E-state index in [9.17, 15) is 0 Å². The average Bonchev–Trinajstić information content (AvgIpc) is 3.08. The van der Waals surface area contributed by atoms with E-state index in [4.69, 9.17) is 4.74 Å². The van der Waals surface area contributed by atoms with Gasteiger partial charge in [0.2, 0.25) is 5.95 Å². The molecule has 0 saturated heterocycles. The average molecular weight is 331 g/mol.